The van der Waals surface area contributed by atoms with E-state index in [2.05, 4.69) is 10.9 Å². The van der Waals surface area contributed by atoms with Gasteiger partial charge in [0.2, 0.25) is 0 Å². The van der Waals surface area contributed by atoms with E-state index in [0.717, 1.165) is 0 Å². The molecule has 5 heteroatoms. The highest BCUT2D eigenvalue weighted by atomic mass is 16.5. The number of carbonyl (C=O) groups is 2. The van der Waals surface area contributed by atoms with Crippen molar-refractivity contribution in [3.63, 3.8) is 0 Å². The van der Waals surface area contributed by atoms with Gasteiger partial charge in [0.15, 0.2) is 0 Å². The Labute approximate surface area is 112 Å². The SMILES string of the molecule is C#Cc1[nH]c(C(=O)OCC)c(C)c1CC(=O)OCC. The molecular weight excluding hydrogens is 246 g/mol. The smallest absolute Gasteiger partial charge is 0.355 e. The molecule has 1 rings (SSSR count). The average molecular weight is 263 g/mol. The number of hydrogen-bond donors (Lipinski definition) is 1. The Bertz CT molecular complexity index is 522. The van der Waals surface area contributed by atoms with E-state index in [-0.39, 0.29) is 24.7 Å². The summed E-state index contributed by atoms with van der Waals surface area (Å²) >= 11 is 0. The van der Waals surface area contributed by atoms with Gasteiger partial charge in [0.05, 0.1) is 25.3 Å². The molecule has 0 saturated carbocycles. The zero-order valence-electron chi connectivity index (χ0n) is 11.3. The van der Waals surface area contributed by atoms with Crippen LogP contribution in [0.4, 0.5) is 0 Å². The molecule has 5 nitrogen and oxygen atoms in total. The van der Waals surface area contributed by atoms with Crippen molar-refractivity contribution < 1.29 is 19.1 Å². The van der Waals surface area contributed by atoms with Crippen LogP contribution in [0, 0.1) is 19.3 Å². The quantitative estimate of drug-likeness (QED) is 0.647. The first-order valence-corrected chi connectivity index (χ1v) is 6.05. The van der Waals surface area contributed by atoms with Gasteiger partial charge in [0.1, 0.15) is 5.69 Å². The van der Waals surface area contributed by atoms with Gasteiger partial charge in [0, 0.05) is 5.56 Å². The molecule has 0 aliphatic heterocycles. The van der Waals surface area contributed by atoms with Crippen molar-refractivity contribution in [1.29, 1.82) is 0 Å². The lowest BCUT2D eigenvalue weighted by molar-refractivity contribution is -0.142. The molecule has 0 amide bonds. The predicted molar refractivity (Wildman–Crippen MR) is 69.8 cm³/mol. The first-order valence-electron chi connectivity index (χ1n) is 6.05. The zero-order chi connectivity index (χ0) is 14.4. The zero-order valence-corrected chi connectivity index (χ0v) is 11.3. The fourth-order valence-electron chi connectivity index (χ4n) is 1.74. The third-order valence-electron chi connectivity index (χ3n) is 2.63. The number of esters is 2. The van der Waals surface area contributed by atoms with Gasteiger partial charge in [-0.05, 0) is 26.3 Å². The van der Waals surface area contributed by atoms with Gasteiger partial charge in [-0.25, -0.2) is 4.79 Å². The van der Waals surface area contributed by atoms with Crippen molar-refractivity contribution in [3.8, 4) is 12.3 Å². The van der Waals surface area contributed by atoms with E-state index in [4.69, 9.17) is 15.9 Å². The number of carbonyl (C=O) groups excluding carboxylic acids is 2. The van der Waals surface area contributed by atoms with Crippen LogP contribution in [0.25, 0.3) is 0 Å². The van der Waals surface area contributed by atoms with E-state index in [0.29, 0.717) is 23.4 Å². The summed E-state index contributed by atoms with van der Waals surface area (Å²) in [5.41, 5.74) is 1.92. The minimum Gasteiger partial charge on any atom is -0.466 e. The van der Waals surface area contributed by atoms with E-state index in [9.17, 15) is 9.59 Å². The van der Waals surface area contributed by atoms with Crippen LogP contribution in [0.1, 0.15) is 41.2 Å². The first kappa shape index (κ1) is 14.8. The summed E-state index contributed by atoms with van der Waals surface area (Å²) in [7, 11) is 0. The van der Waals surface area contributed by atoms with Crippen LogP contribution in [0.5, 0.6) is 0 Å². The summed E-state index contributed by atoms with van der Waals surface area (Å²) in [6, 6.07) is 0. The van der Waals surface area contributed by atoms with Crippen molar-refractivity contribution in [1.82, 2.24) is 4.98 Å². The van der Waals surface area contributed by atoms with E-state index in [1.165, 1.54) is 0 Å². The second-order valence-electron chi connectivity index (χ2n) is 3.83. The molecule has 0 radical (unpaired) electrons. The predicted octanol–water partition coefficient (Wildman–Crippen LogP) is 1.59. The van der Waals surface area contributed by atoms with Gasteiger partial charge in [-0.15, -0.1) is 6.42 Å². The number of ether oxygens (including phenoxy) is 2. The summed E-state index contributed by atoms with van der Waals surface area (Å²) in [6.07, 6.45) is 5.41. The van der Waals surface area contributed by atoms with Gasteiger partial charge < -0.3 is 14.5 Å². The Balaban J connectivity index is 3.07. The first-order chi connectivity index (χ1) is 9.04. The maximum absolute atomic E-state index is 11.7. The third kappa shape index (κ3) is 3.38. The monoisotopic (exact) mass is 263 g/mol. The fourth-order valence-corrected chi connectivity index (χ4v) is 1.74. The van der Waals surface area contributed by atoms with Crippen LogP contribution in [0.2, 0.25) is 0 Å². The Morgan fingerprint density at radius 1 is 1.26 bits per heavy atom. The molecule has 0 bridgehead atoms. The standard InChI is InChI=1S/C14H17NO4/c1-5-11-10(8-12(16)18-6-2)9(4)13(15-11)14(17)19-7-3/h1,15H,6-8H2,2-4H3. The summed E-state index contributed by atoms with van der Waals surface area (Å²) in [5.74, 6) is 1.57. The fraction of sp³-hybridized carbons (Fsp3) is 0.429. The Morgan fingerprint density at radius 2 is 1.89 bits per heavy atom. The molecule has 0 fully saturated rings. The van der Waals surface area contributed by atoms with Crippen LogP contribution in [-0.2, 0) is 20.7 Å². The second kappa shape index (κ2) is 6.64. The van der Waals surface area contributed by atoms with Crippen LogP contribution in [-0.4, -0.2) is 30.1 Å². The molecule has 1 aromatic rings. The molecule has 0 aliphatic rings. The minimum absolute atomic E-state index is 0.0368. The number of aromatic nitrogens is 1. The van der Waals surface area contributed by atoms with E-state index >= 15 is 0 Å². The summed E-state index contributed by atoms with van der Waals surface area (Å²) in [4.78, 5) is 26.1. The molecule has 1 aromatic heterocycles. The van der Waals surface area contributed by atoms with Gasteiger partial charge in [-0.3, -0.25) is 4.79 Å². The van der Waals surface area contributed by atoms with Crippen molar-refractivity contribution in [3.05, 3.63) is 22.5 Å². The number of nitrogens with one attached hydrogen (secondary N) is 1. The average Bonchev–Trinajstić information content (AvgIpc) is 2.67. The summed E-state index contributed by atoms with van der Waals surface area (Å²) in [5, 5.41) is 0. The highest BCUT2D eigenvalue weighted by Crippen LogP contribution is 2.20. The minimum atomic E-state index is -0.480. The van der Waals surface area contributed by atoms with Crippen molar-refractivity contribution in [2.75, 3.05) is 13.2 Å². The Hall–Kier alpha value is -2.22. The summed E-state index contributed by atoms with van der Waals surface area (Å²) in [6.45, 7) is 5.75. The molecule has 0 unspecified atom stereocenters. The molecule has 19 heavy (non-hydrogen) atoms. The van der Waals surface area contributed by atoms with Crippen LogP contribution in [0.15, 0.2) is 0 Å². The van der Waals surface area contributed by atoms with Gasteiger partial charge in [0.25, 0.3) is 0 Å². The van der Waals surface area contributed by atoms with Crippen molar-refractivity contribution >= 4 is 11.9 Å². The lowest BCUT2D eigenvalue weighted by atomic mass is 10.1. The molecule has 0 atom stereocenters. The van der Waals surface area contributed by atoms with Crippen LogP contribution < -0.4 is 0 Å². The third-order valence-corrected chi connectivity index (χ3v) is 2.63. The maximum atomic E-state index is 11.7. The number of aromatic amines is 1. The topological polar surface area (TPSA) is 68.4 Å². The highest BCUT2D eigenvalue weighted by molar-refractivity contribution is 5.90. The normalized spacial score (nSPS) is 9.79. The second-order valence-corrected chi connectivity index (χ2v) is 3.83. The molecule has 0 spiro atoms. The van der Waals surface area contributed by atoms with Gasteiger partial charge in [-0.2, -0.15) is 0 Å². The van der Waals surface area contributed by atoms with Gasteiger partial charge in [-0.1, -0.05) is 5.92 Å². The molecule has 102 valence electrons. The number of hydrogen-bond acceptors (Lipinski definition) is 4. The highest BCUT2D eigenvalue weighted by Gasteiger charge is 2.21. The molecule has 0 saturated heterocycles. The van der Waals surface area contributed by atoms with Gasteiger partial charge >= 0.3 is 11.9 Å². The molecule has 1 N–H and O–H groups in total. The maximum Gasteiger partial charge on any atom is 0.355 e. The summed E-state index contributed by atoms with van der Waals surface area (Å²) < 4.78 is 9.80. The van der Waals surface area contributed by atoms with E-state index in [1.807, 2.05) is 0 Å². The number of H-pyrrole nitrogens is 1. The van der Waals surface area contributed by atoms with E-state index in [1.54, 1.807) is 20.8 Å². The van der Waals surface area contributed by atoms with Crippen molar-refractivity contribution in [2.45, 2.75) is 27.2 Å². The Kier molecular flexibility index (Phi) is 5.19. The lowest BCUT2D eigenvalue weighted by Gasteiger charge is -2.03. The largest absolute Gasteiger partial charge is 0.466 e. The van der Waals surface area contributed by atoms with Crippen LogP contribution in [0.3, 0.4) is 0 Å². The Morgan fingerprint density at radius 3 is 2.42 bits per heavy atom. The number of rotatable bonds is 5. The lowest BCUT2D eigenvalue weighted by Crippen LogP contribution is -2.09. The molecule has 0 aromatic carbocycles. The van der Waals surface area contributed by atoms with E-state index < -0.39 is 5.97 Å². The van der Waals surface area contributed by atoms with Crippen LogP contribution >= 0.6 is 0 Å². The number of terminal acetylenes is 1. The molecule has 1 heterocycles. The molecular formula is C14H17NO4. The molecule has 0 aliphatic carbocycles. The van der Waals surface area contributed by atoms with Crippen molar-refractivity contribution in [2.24, 2.45) is 0 Å².